The highest BCUT2D eigenvalue weighted by molar-refractivity contribution is 5.74. The van der Waals surface area contributed by atoms with Gasteiger partial charge in [-0.1, -0.05) is 42.5 Å². The molecular formula is C30H31N7. The molecule has 3 heterocycles. The highest BCUT2D eigenvalue weighted by Gasteiger charge is 2.28. The Balaban J connectivity index is 1.19. The lowest BCUT2D eigenvalue weighted by Crippen LogP contribution is -2.31. The summed E-state index contributed by atoms with van der Waals surface area (Å²) in [4.78, 5) is 24.2. The molecule has 0 saturated heterocycles. The maximum absolute atomic E-state index is 4.88. The van der Waals surface area contributed by atoms with Gasteiger partial charge in [0, 0.05) is 44.4 Å². The Hall–Kier alpha value is -3.94. The first-order chi connectivity index (χ1) is 18.3. The average Bonchev–Trinajstić information content (AvgIpc) is 3.36. The zero-order chi connectivity index (χ0) is 24.9. The lowest BCUT2D eigenvalue weighted by Gasteiger charge is -2.34. The highest BCUT2D eigenvalue weighted by atomic mass is 15.2. The van der Waals surface area contributed by atoms with Crippen LogP contribution in [0.25, 0.3) is 11.0 Å². The lowest BCUT2D eigenvalue weighted by molar-refractivity contribution is 0.153. The lowest BCUT2D eigenvalue weighted by atomic mass is 9.90. The van der Waals surface area contributed by atoms with Crippen LogP contribution in [0.4, 0.5) is 0 Å². The van der Waals surface area contributed by atoms with E-state index in [1.165, 1.54) is 28.8 Å². The van der Waals surface area contributed by atoms with Crippen molar-refractivity contribution in [3.63, 3.8) is 0 Å². The van der Waals surface area contributed by atoms with Crippen molar-refractivity contribution in [2.75, 3.05) is 0 Å². The Bertz CT molecular complexity index is 1410. The minimum absolute atomic E-state index is 0.270. The SMILES string of the molecule is c1cnc2c(c1)CCCC2N(Cc1ccc(CNCc2cnccn2)cc1)Cc1nc2ccccc2[nH]1. The zero-order valence-corrected chi connectivity index (χ0v) is 20.8. The van der Waals surface area contributed by atoms with Gasteiger partial charge < -0.3 is 10.3 Å². The Morgan fingerprint density at radius 1 is 0.865 bits per heavy atom. The van der Waals surface area contributed by atoms with Crippen molar-refractivity contribution >= 4 is 11.0 Å². The third kappa shape index (κ3) is 5.58. The van der Waals surface area contributed by atoms with Gasteiger partial charge in [0.1, 0.15) is 5.82 Å². The number of hydrogen-bond acceptors (Lipinski definition) is 6. The molecule has 0 bridgehead atoms. The van der Waals surface area contributed by atoms with E-state index >= 15 is 0 Å². The molecule has 6 rings (SSSR count). The first kappa shape index (κ1) is 23.5. The van der Waals surface area contributed by atoms with Crippen molar-refractivity contribution < 1.29 is 0 Å². The minimum Gasteiger partial charge on any atom is -0.341 e. The Morgan fingerprint density at radius 3 is 2.62 bits per heavy atom. The fourth-order valence-corrected chi connectivity index (χ4v) is 5.24. The van der Waals surface area contributed by atoms with Crippen LogP contribution in [0.1, 0.15) is 52.8 Å². The number of imidazole rings is 1. The number of benzene rings is 2. The summed E-state index contributed by atoms with van der Waals surface area (Å²) in [5, 5.41) is 3.45. The summed E-state index contributed by atoms with van der Waals surface area (Å²) < 4.78 is 0. The van der Waals surface area contributed by atoms with Gasteiger partial charge in [0.25, 0.3) is 0 Å². The van der Waals surface area contributed by atoms with Crippen molar-refractivity contribution in [2.45, 2.75) is 51.5 Å². The second kappa shape index (κ2) is 11.0. The van der Waals surface area contributed by atoms with E-state index in [9.17, 15) is 0 Å². The molecule has 7 heteroatoms. The van der Waals surface area contributed by atoms with Gasteiger partial charge in [-0.2, -0.15) is 0 Å². The Morgan fingerprint density at radius 2 is 1.76 bits per heavy atom. The van der Waals surface area contributed by atoms with E-state index in [1.807, 2.05) is 18.3 Å². The summed E-state index contributed by atoms with van der Waals surface area (Å²) >= 11 is 0. The fraction of sp³-hybridized carbons (Fsp3) is 0.267. The maximum Gasteiger partial charge on any atom is 0.121 e. The van der Waals surface area contributed by atoms with Crippen LogP contribution in [-0.4, -0.2) is 29.8 Å². The molecule has 0 aliphatic heterocycles. The first-order valence-corrected chi connectivity index (χ1v) is 13.0. The van der Waals surface area contributed by atoms with Crippen LogP contribution < -0.4 is 5.32 Å². The van der Waals surface area contributed by atoms with E-state index in [4.69, 9.17) is 9.97 Å². The van der Waals surface area contributed by atoms with Crippen LogP contribution in [0, 0.1) is 0 Å². The predicted molar refractivity (Wildman–Crippen MR) is 144 cm³/mol. The fourth-order valence-electron chi connectivity index (χ4n) is 5.24. The van der Waals surface area contributed by atoms with Crippen molar-refractivity contribution in [1.29, 1.82) is 0 Å². The molecule has 1 aliphatic rings. The van der Waals surface area contributed by atoms with Gasteiger partial charge in [0.05, 0.1) is 35.0 Å². The van der Waals surface area contributed by atoms with Gasteiger partial charge in [-0.3, -0.25) is 19.9 Å². The maximum atomic E-state index is 4.88. The number of H-pyrrole nitrogens is 1. The van der Waals surface area contributed by atoms with Gasteiger partial charge in [0.15, 0.2) is 0 Å². The van der Waals surface area contributed by atoms with E-state index in [1.54, 1.807) is 18.6 Å². The number of nitrogens with zero attached hydrogens (tertiary/aromatic N) is 5. The number of hydrogen-bond donors (Lipinski definition) is 2. The van der Waals surface area contributed by atoms with Crippen molar-refractivity contribution in [3.8, 4) is 0 Å². The number of aromatic amines is 1. The molecule has 1 aliphatic carbocycles. The molecule has 0 spiro atoms. The predicted octanol–water partition coefficient (Wildman–Crippen LogP) is 5.12. The molecule has 0 amide bonds. The highest BCUT2D eigenvalue weighted by Crippen LogP contribution is 2.34. The zero-order valence-electron chi connectivity index (χ0n) is 20.8. The number of nitrogens with one attached hydrogen (secondary N) is 2. The molecule has 1 unspecified atom stereocenters. The molecule has 0 saturated carbocycles. The third-order valence-corrected chi connectivity index (χ3v) is 7.06. The van der Waals surface area contributed by atoms with E-state index in [0.29, 0.717) is 6.54 Å². The molecule has 2 aromatic carbocycles. The molecule has 0 radical (unpaired) electrons. The van der Waals surface area contributed by atoms with Gasteiger partial charge in [0.2, 0.25) is 0 Å². The number of pyridine rings is 1. The topological polar surface area (TPSA) is 82.6 Å². The Kier molecular flexibility index (Phi) is 6.97. The van der Waals surface area contributed by atoms with Crippen LogP contribution in [-0.2, 0) is 32.6 Å². The number of aromatic nitrogens is 5. The summed E-state index contributed by atoms with van der Waals surface area (Å²) in [6.45, 7) is 3.08. The normalized spacial score (nSPS) is 15.2. The number of rotatable bonds is 9. The number of fused-ring (bicyclic) bond motifs is 2. The minimum atomic E-state index is 0.270. The van der Waals surface area contributed by atoms with Gasteiger partial charge in [-0.05, 0) is 54.2 Å². The monoisotopic (exact) mass is 489 g/mol. The van der Waals surface area contributed by atoms with E-state index < -0.39 is 0 Å². The molecule has 7 nitrogen and oxygen atoms in total. The molecule has 0 fully saturated rings. The second-order valence-corrected chi connectivity index (χ2v) is 9.68. The number of para-hydroxylation sites is 2. The van der Waals surface area contributed by atoms with Crippen molar-refractivity contribution in [3.05, 3.63) is 119 Å². The number of aryl methyl sites for hydroxylation is 1. The summed E-state index contributed by atoms with van der Waals surface area (Å²) in [5.74, 6) is 0.995. The van der Waals surface area contributed by atoms with E-state index in [0.717, 1.165) is 55.0 Å². The van der Waals surface area contributed by atoms with Crippen LogP contribution in [0.5, 0.6) is 0 Å². The van der Waals surface area contributed by atoms with Crippen LogP contribution in [0.2, 0.25) is 0 Å². The standard InChI is InChI=1S/C30H31N7/c1-2-8-27-26(7-1)35-29(36-27)21-37(28-9-3-5-24-6-4-14-34-30(24)28)20-23-12-10-22(11-13-23)17-32-19-25-18-31-15-16-33-25/h1-2,4,6-8,10-16,18,28,32H,3,5,9,17,19-21H2,(H,35,36). The summed E-state index contributed by atoms with van der Waals surface area (Å²) in [6.07, 6.45) is 10.5. The van der Waals surface area contributed by atoms with Crippen molar-refractivity contribution in [2.24, 2.45) is 0 Å². The molecule has 37 heavy (non-hydrogen) atoms. The second-order valence-electron chi connectivity index (χ2n) is 9.68. The van der Waals surface area contributed by atoms with Crippen LogP contribution >= 0.6 is 0 Å². The quantitative estimate of drug-likeness (QED) is 0.299. The summed E-state index contributed by atoms with van der Waals surface area (Å²) in [6, 6.07) is 21.7. The molecule has 3 aromatic heterocycles. The van der Waals surface area contributed by atoms with Crippen LogP contribution in [0.15, 0.2) is 85.5 Å². The molecule has 2 N–H and O–H groups in total. The van der Waals surface area contributed by atoms with E-state index in [2.05, 4.69) is 73.7 Å². The molecule has 1 atom stereocenters. The van der Waals surface area contributed by atoms with Gasteiger partial charge >= 0.3 is 0 Å². The van der Waals surface area contributed by atoms with E-state index in [-0.39, 0.29) is 6.04 Å². The van der Waals surface area contributed by atoms with Gasteiger partial charge in [-0.15, -0.1) is 0 Å². The largest absolute Gasteiger partial charge is 0.341 e. The summed E-state index contributed by atoms with van der Waals surface area (Å²) in [5.41, 5.74) is 8.17. The first-order valence-electron chi connectivity index (χ1n) is 13.0. The average molecular weight is 490 g/mol. The third-order valence-electron chi connectivity index (χ3n) is 7.06. The summed E-state index contributed by atoms with van der Waals surface area (Å²) in [7, 11) is 0. The van der Waals surface area contributed by atoms with Crippen LogP contribution in [0.3, 0.4) is 0 Å². The Labute approximate surface area is 217 Å². The molecule has 5 aromatic rings. The molecular weight excluding hydrogens is 458 g/mol. The smallest absolute Gasteiger partial charge is 0.121 e. The van der Waals surface area contributed by atoms with Crippen molar-refractivity contribution in [1.82, 2.24) is 35.1 Å². The van der Waals surface area contributed by atoms with Gasteiger partial charge in [-0.25, -0.2) is 4.98 Å². The molecule has 186 valence electrons.